The molecule has 1 aliphatic rings. The molecule has 106 valence electrons. The third kappa shape index (κ3) is 3.91. The SMILES string of the molecule is CC1(C)CCC(COc2c(Cl)cc(Cl)cc2CCl)O1. The van der Waals surface area contributed by atoms with Gasteiger partial charge in [-0.1, -0.05) is 23.2 Å². The molecule has 1 aromatic rings. The van der Waals surface area contributed by atoms with Crippen LogP contribution in [0.2, 0.25) is 10.0 Å². The van der Waals surface area contributed by atoms with Crippen LogP contribution in [-0.4, -0.2) is 18.3 Å². The van der Waals surface area contributed by atoms with Gasteiger partial charge in [-0.3, -0.25) is 0 Å². The van der Waals surface area contributed by atoms with Gasteiger partial charge in [-0.2, -0.15) is 0 Å². The van der Waals surface area contributed by atoms with Crippen molar-refractivity contribution in [2.24, 2.45) is 0 Å². The second kappa shape index (κ2) is 6.09. The lowest BCUT2D eigenvalue weighted by Crippen LogP contribution is -2.24. The molecule has 0 radical (unpaired) electrons. The standard InChI is InChI=1S/C14H17Cl3O2/c1-14(2)4-3-11(19-14)8-18-13-9(7-15)5-10(16)6-12(13)17/h5-6,11H,3-4,7-8H2,1-2H3. The summed E-state index contributed by atoms with van der Waals surface area (Å²) in [6.45, 7) is 4.66. The summed E-state index contributed by atoms with van der Waals surface area (Å²) in [6.07, 6.45) is 2.14. The summed E-state index contributed by atoms with van der Waals surface area (Å²) in [7, 11) is 0. The quantitative estimate of drug-likeness (QED) is 0.720. The van der Waals surface area contributed by atoms with E-state index in [2.05, 4.69) is 13.8 Å². The predicted molar refractivity (Wildman–Crippen MR) is 79.7 cm³/mol. The molecule has 2 rings (SSSR count). The van der Waals surface area contributed by atoms with Gasteiger partial charge in [0.2, 0.25) is 0 Å². The van der Waals surface area contributed by atoms with Crippen molar-refractivity contribution in [3.8, 4) is 5.75 Å². The van der Waals surface area contributed by atoms with Crippen molar-refractivity contribution < 1.29 is 9.47 Å². The molecule has 1 unspecified atom stereocenters. The fourth-order valence-electron chi connectivity index (χ4n) is 2.25. The van der Waals surface area contributed by atoms with Gasteiger partial charge >= 0.3 is 0 Å². The minimum Gasteiger partial charge on any atom is -0.489 e. The summed E-state index contributed by atoms with van der Waals surface area (Å²) < 4.78 is 11.7. The molecule has 1 saturated heterocycles. The zero-order chi connectivity index (χ0) is 14.0. The highest BCUT2D eigenvalue weighted by Crippen LogP contribution is 2.35. The molecule has 1 aliphatic heterocycles. The Hall–Kier alpha value is -0.150. The molecule has 1 aromatic carbocycles. The van der Waals surface area contributed by atoms with Gasteiger partial charge in [0.25, 0.3) is 0 Å². The van der Waals surface area contributed by atoms with Gasteiger partial charge in [0.1, 0.15) is 12.4 Å². The van der Waals surface area contributed by atoms with Crippen LogP contribution in [0.5, 0.6) is 5.75 Å². The van der Waals surface area contributed by atoms with Gasteiger partial charge in [-0.25, -0.2) is 0 Å². The Labute approximate surface area is 128 Å². The molecule has 0 N–H and O–H groups in total. The maximum Gasteiger partial charge on any atom is 0.142 e. The van der Waals surface area contributed by atoms with Crippen LogP contribution >= 0.6 is 34.8 Å². The maximum absolute atomic E-state index is 6.15. The van der Waals surface area contributed by atoms with Crippen LogP contribution < -0.4 is 4.74 Å². The molecule has 5 heteroatoms. The first-order valence-corrected chi connectivity index (χ1v) is 7.55. The fourth-order valence-corrected chi connectivity index (χ4v) is 3.03. The molecule has 0 bridgehead atoms. The largest absolute Gasteiger partial charge is 0.489 e. The Balaban J connectivity index is 2.04. The molecule has 0 amide bonds. The smallest absolute Gasteiger partial charge is 0.142 e. The first kappa shape index (κ1) is 15.2. The molecule has 0 spiro atoms. The van der Waals surface area contributed by atoms with E-state index in [0.717, 1.165) is 18.4 Å². The van der Waals surface area contributed by atoms with Gasteiger partial charge in [0, 0.05) is 10.6 Å². The third-order valence-corrected chi connectivity index (χ3v) is 3.98. The van der Waals surface area contributed by atoms with Crippen LogP contribution in [0.3, 0.4) is 0 Å². The van der Waals surface area contributed by atoms with Crippen molar-refractivity contribution in [1.82, 2.24) is 0 Å². The van der Waals surface area contributed by atoms with Crippen molar-refractivity contribution >= 4 is 34.8 Å². The molecule has 2 nitrogen and oxygen atoms in total. The second-order valence-corrected chi connectivity index (χ2v) is 6.47. The lowest BCUT2D eigenvalue weighted by Gasteiger charge is -2.20. The zero-order valence-electron chi connectivity index (χ0n) is 11.0. The Kier molecular flexibility index (Phi) is 4.88. The Bertz CT molecular complexity index is 460. The van der Waals surface area contributed by atoms with Crippen molar-refractivity contribution in [1.29, 1.82) is 0 Å². The Morgan fingerprint density at radius 3 is 2.68 bits per heavy atom. The van der Waals surface area contributed by atoms with E-state index < -0.39 is 0 Å². The summed E-state index contributed by atoms with van der Waals surface area (Å²) in [4.78, 5) is 0. The van der Waals surface area contributed by atoms with Crippen molar-refractivity contribution in [2.45, 2.75) is 44.3 Å². The monoisotopic (exact) mass is 322 g/mol. The highest BCUT2D eigenvalue weighted by molar-refractivity contribution is 6.36. The van der Waals surface area contributed by atoms with Crippen molar-refractivity contribution in [2.75, 3.05) is 6.61 Å². The van der Waals surface area contributed by atoms with E-state index in [1.54, 1.807) is 12.1 Å². The number of alkyl halides is 1. The summed E-state index contributed by atoms with van der Waals surface area (Å²) in [5.41, 5.74) is 0.740. The second-order valence-electron chi connectivity index (χ2n) is 5.36. The van der Waals surface area contributed by atoms with Gasteiger partial charge in [-0.05, 0) is 38.8 Å². The lowest BCUT2D eigenvalue weighted by atomic mass is 10.1. The Morgan fingerprint density at radius 2 is 2.11 bits per heavy atom. The normalized spacial score (nSPS) is 21.6. The van der Waals surface area contributed by atoms with Crippen LogP contribution in [0, 0.1) is 0 Å². The van der Waals surface area contributed by atoms with E-state index >= 15 is 0 Å². The predicted octanol–water partition coefficient (Wildman–Crippen LogP) is 5.07. The average Bonchev–Trinajstić information content (AvgIpc) is 2.67. The van der Waals surface area contributed by atoms with Gasteiger partial charge in [0.05, 0.1) is 22.6 Å². The van der Waals surface area contributed by atoms with E-state index in [0.29, 0.717) is 28.3 Å². The number of hydrogen-bond donors (Lipinski definition) is 0. The number of rotatable bonds is 4. The van der Waals surface area contributed by atoms with Gasteiger partial charge < -0.3 is 9.47 Å². The lowest BCUT2D eigenvalue weighted by molar-refractivity contribution is -0.0327. The highest BCUT2D eigenvalue weighted by atomic mass is 35.5. The maximum atomic E-state index is 6.15. The van der Waals surface area contributed by atoms with E-state index in [1.165, 1.54) is 0 Å². The average molecular weight is 324 g/mol. The highest BCUT2D eigenvalue weighted by Gasteiger charge is 2.32. The minimum atomic E-state index is -0.0624. The van der Waals surface area contributed by atoms with Crippen LogP contribution in [-0.2, 0) is 10.6 Å². The van der Waals surface area contributed by atoms with E-state index in [9.17, 15) is 0 Å². The van der Waals surface area contributed by atoms with Gasteiger partial charge in [0.15, 0.2) is 0 Å². The van der Waals surface area contributed by atoms with Crippen molar-refractivity contribution in [3.63, 3.8) is 0 Å². The molecule has 1 fully saturated rings. The number of ether oxygens (including phenoxy) is 2. The van der Waals surface area contributed by atoms with E-state index in [1.807, 2.05) is 0 Å². The zero-order valence-corrected chi connectivity index (χ0v) is 13.3. The van der Waals surface area contributed by atoms with Crippen LogP contribution in [0.1, 0.15) is 32.3 Å². The third-order valence-electron chi connectivity index (χ3n) is 3.20. The number of benzene rings is 1. The first-order valence-electron chi connectivity index (χ1n) is 6.26. The fraction of sp³-hybridized carbons (Fsp3) is 0.571. The molecule has 19 heavy (non-hydrogen) atoms. The molecule has 0 aromatic heterocycles. The Morgan fingerprint density at radius 1 is 1.37 bits per heavy atom. The minimum absolute atomic E-state index is 0.0624. The number of halogens is 3. The van der Waals surface area contributed by atoms with Crippen LogP contribution in [0.4, 0.5) is 0 Å². The molecule has 1 atom stereocenters. The topological polar surface area (TPSA) is 18.5 Å². The van der Waals surface area contributed by atoms with E-state index in [-0.39, 0.29) is 11.7 Å². The van der Waals surface area contributed by atoms with Crippen LogP contribution in [0.25, 0.3) is 0 Å². The molecule has 0 aliphatic carbocycles. The molecular weight excluding hydrogens is 307 g/mol. The van der Waals surface area contributed by atoms with E-state index in [4.69, 9.17) is 44.3 Å². The summed E-state index contributed by atoms with van der Waals surface area (Å²) >= 11 is 18.0. The molecule has 0 saturated carbocycles. The molecule has 1 heterocycles. The summed E-state index contributed by atoms with van der Waals surface area (Å²) in [5.74, 6) is 0.918. The van der Waals surface area contributed by atoms with Crippen LogP contribution in [0.15, 0.2) is 12.1 Å². The number of hydrogen-bond acceptors (Lipinski definition) is 2. The summed E-state index contributed by atoms with van der Waals surface area (Å²) in [5, 5.41) is 1.05. The van der Waals surface area contributed by atoms with Gasteiger partial charge in [-0.15, -0.1) is 11.6 Å². The first-order chi connectivity index (χ1) is 8.91. The van der Waals surface area contributed by atoms with Crippen molar-refractivity contribution in [3.05, 3.63) is 27.7 Å². The summed E-state index contributed by atoms with van der Waals surface area (Å²) in [6, 6.07) is 3.43. The molecular formula is C14H17Cl3O2.